The zero-order chi connectivity index (χ0) is 24.3. The van der Waals surface area contributed by atoms with Crippen LogP contribution in [0.15, 0.2) is 95.9 Å². The van der Waals surface area contributed by atoms with Crippen molar-refractivity contribution < 1.29 is 21.8 Å². The topological polar surface area (TPSA) is 63.7 Å². The molecule has 0 atom stereocenters. The Bertz CT molecular complexity index is 1430. The fourth-order valence-corrected chi connectivity index (χ4v) is 4.57. The molecule has 0 bridgehead atoms. The van der Waals surface area contributed by atoms with Crippen LogP contribution in [0.3, 0.4) is 0 Å². The number of carbonyl (C=O) groups excluding carboxylic acids is 1. The number of amides is 1. The van der Waals surface area contributed by atoms with Gasteiger partial charge in [-0.1, -0.05) is 42.5 Å². The van der Waals surface area contributed by atoms with Crippen LogP contribution in [0.4, 0.5) is 4.39 Å². The lowest BCUT2D eigenvalue weighted by atomic mass is 10.1. The van der Waals surface area contributed by atoms with Gasteiger partial charge in [0.05, 0.1) is 0 Å². The molecule has 0 heterocycles. The van der Waals surface area contributed by atoms with Gasteiger partial charge in [0.2, 0.25) is 0 Å². The largest absolute Gasteiger partial charge is 0.379 e. The van der Waals surface area contributed by atoms with Crippen molar-refractivity contribution in [3.05, 3.63) is 108 Å². The van der Waals surface area contributed by atoms with E-state index in [-0.39, 0.29) is 29.1 Å². The Hall–Kier alpha value is -3.71. The summed E-state index contributed by atoms with van der Waals surface area (Å²) in [5, 5.41) is 2.04. The summed E-state index contributed by atoms with van der Waals surface area (Å²) in [6.45, 7) is 4.13. The van der Waals surface area contributed by atoms with Crippen LogP contribution in [-0.2, 0) is 16.7 Å². The molecule has 0 aliphatic rings. The SMILES string of the molecule is CC(C)N(Cc1cccc(OS(=O)(=O)c2ccc(F)cc2)c1)C(=O)c1ccc2ccccc2c1. The predicted octanol–water partition coefficient (Wildman–Crippen LogP) is 5.80. The van der Waals surface area contributed by atoms with Gasteiger partial charge in [0.1, 0.15) is 16.5 Å². The van der Waals surface area contributed by atoms with E-state index in [1.165, 1.54) is 6.07 Å². The van der Waals surface area contributed by atoms with Gasteiger partial charge in [-0.2, -0.15) is 8.42 Å². The van der Waals surface area contributed by atoms with Crippen molar-refractivity contribution in [1.29, 1.82) is 0 Å². The van der Waals surface area contributed by atoms with Crippen molar-refractivity contribution in [2.45, 2.75) is 31.3 Å². The predicted molar refractivity (Wildman–Crippen MR) is 130 cm³/mol. The van der Waals surface area contributed by atoms with Gasteiger partial charge in [-0.05, 0) is 78.7 Å². The summed E-state index contributed by atoms with van der Waals surface area (Å²) in [5.74, 6) is -0.541. The quantitative estimate of drug-likeness (QED) is 0.316. The van der Waals surface area contributed by atoms with E-state index in [2.05, 4.69) is 0 Å². The van der Waals surface area contributed by atoms with Crippen LogP contribution in [0.1, 0.15) is 29.8 Å². The summed E-state index contributed by atoms with van der Waals surface area (Å²) >= 11 is 0. The molecule has 5 nitrogen and oxygen atoms in total. The van der Waals surface area contributed by atoms with Crippen LogP contribution in [0.25, 0.3) is 10.8 Å². The van der Waals surface area contributed by atoms with Crippen LogP contribution < -0.4 is 4.18 Å². The van der Waals surface area contributed by atoms with Crippen molar-refractivity contribution >= 4 is 26.8 Å². The fraction of sp³-hybridized carbons (Fsp3) is 0.148. The molecule has 34 heavy (non-hydrogen) atoms. The minimum Gasteiger partial charge on any atom is -0.379 e. The lowest BCUT2D eigenvalue weighted by molar-refractivity contribution is 0.0690. The molecule has 0 saturated heterocycles. The van der Waals surface area contributed by atoms with Crippen LogP contribution in [0, 0.1) is 5.82 Å². The van der Waals surface area contributed by atoms with Gasteiger partial charge in [-0.25, -0.2) is 4.39 Å². The molecule has 0 unspecified atom stereocenters. The van der Waals surface area contributed by atoms with E-state index in [9.17, 15) is 17.6 Å². The molecule has 4 aromatic rings. The third-order valence-corrected chi connectivity index (χ3v) is 6.70. The number of halogens is 1. The van der Waals surface area contributed by atoms with Crippen molar-refractivity contribution in [3.8, 4) is 5.75 Å². The summed E-state index contributed by atoms with van der Waals surface area (Å²) in [7, 11) is -4.12. The molecule has 174 valence electrons. The van der Waals surface area contributed by atoms with Crippen molar-refractivity contribution in [2.75, 3.05) is 0 Å². The molecule has 0 N–H and O–H groups in total. The van der Waals surface area contributed by atoms with E-state index in [0.29, 0.717) is 5.56 Å². The maximum Gasteiger partial charge on any atom is 0.339 e. The number of benzene rings is 4. The molecule has 4 rings (SSSR count). The van der Waals surface area contributed by atoms with Gasteiger partial charge >= 0.3 is 10.1 Å². The first-order valence-electron chi connectivity index (χ1n) is 10.8. The second-order valence-corrected chi connectivity index (χ2v) is 9.77. The third-order valence-electron chi connectivity index (χ3n) is 5.44. The fourth-order valence-electron chi connectivity index (χ4n) is 3.65. The highest BCUT2D eigenvalue weighted by Gasteiger charge is 2.21. The van der Waals surface area contributed by atoms with Gasteiger partial charge in [0.15, 0.2) is 0 Å². The Morgan fingerprint density at radius 1 is 0.882 bits per heavy atom. The monoisotopic (exact) mass is 477 g/mol. The van der Waals surface area contributed by atoms with Gasteiger partial charge in [0.25, 0.3) is 5.91 Å². The maximum absolute atomic E-state index is 13.3. The zero-order valence-electron chi connectivity index (χ0n) is 18.8. The first-order valence-corrected chi connectivity index (χ1v) is 12.2. The smallest absolute Gasteiger partial charge is 0.339 e. The van der Waals surface area contributed by atoms with Crippen molar-refractivity contribution in [3.63, 3.8) is 0 Å². The second-order valence-electron chi connectivity index (χ2n) is 8.23. The molecule has 0 aliphatic heterocycles. The van der Waals surface area contributed by atoms with Gasteiger partial charge in [-0.3, -0.25) is 4.79 Å². The highest BCUT2D eigenvalue weighted by atomic mass is 32.2. The molecular formula is C27H24FNO4S. The molecule has 7 heteroatoms. The molecule has 0 aromatic heterocycles. The van der Waals surface area contributed by atoms with E-state index in [1.807, 2.05) is 56.3 Å². The first kappa shape index (κ1) is 23.4. The Kier molecular flexibility index (Phi) is 6.65. The summed E-state index contributed by atoms with van der Waals surface area (Å²) in [6.07, 6.45) is 0. The number of nitrogens with zero attached hydrogens (tertiary/aromatic N) is 1. The molecule has 0 aliphatic carbocycles. The molecule has 0 spiro atoms. The highest BCUT2D eigenvalue weighted by Crippen LogP contribution is 2.23. The van der Waals surface area contributed by atoms with Gasteiger partial charge in [-0.15, -0.1) is 0 Å². The summed E-state index contributed by atoms with van der Waals surface area (Å²) in [5.41, 5.74) is 1.30. The number of fused-ring (bicyclic) bond motifs is 1. The lowest BCUT2D eigenvalue weighted by Crippen LogP contribution is -2.36. The van der Waals surface area contributed by atoms with Gasteiger partial charge < -0.3 is 9.08 Å². The van der Waals surface area contributed by atoms with Gasteiger partial charge in [0, 0.05) is 18.2 Å². The Morgan fingerprint density at radius 3 is 2.29 bits per heavy atom. The molecule has 4 aromatic carbocycles. The van der Waals surface area contributed by atoms with E-state index in [4.69, 9.17) is 4.18 Å². The van der Waals surface area contributed by atoms with Crippen LogP contribution in [-0.4, -0.2) is 25.3 Å². The minimum atomic E-state index is -4.12. The minimum absolute atomic E-state index is 0.0912. The molecule has 0 saturated carbocycles. The number of hydrogen-bond acceptors (Lipinski definition) is 4. The Balaban J connectivity index is 1.55. The average molecular weight is 478 g/mol. The molecule has 1 amide bonds. The van der Waals surface area contributed by atoms with Crippen LogP contribution >= 0.6 is 0 Å². The number of carbonyl (C=O) groups is 1. The van der Waals surface area contributed by atoms with Crippen LogP contribution in [0.5, 0.6) is 5.75 Å². The van der Waals surface area contributed by atoms with E-state index in [0.717, 1.165) is 40.6 Å². The van der Waals surface area contributed by atoms with E-state index in [1.54, 1.807) is 23.1 Å². The van der Waals surface area contributed by atoms with E-state index < -0.39 is 15.9 Å². The lowest BCUT2D eigenvalue weighted by Gasteiger charge is -2.27. The molecule has 0 fully saturated rings. The standard InChI is InChI=1S/C27H24FNO4S/c1-19(2)29(27(30)23-11-10-21-7-3-4-8-22(21)17-23)18-20-6-5-9-25(16-20)33-34(31,32)26-14-12-24(28)13-15-26/h3-17,19H,18H2,1-2H3. The number of hydrogen-bond donors (Lipinski definition) is 0. The van der Waals surface area contributed by atoms with E-state index >= 15 is 0 Å². The molecular weight excluding hydrogens is 453 g/mol. The van der Waals surface area contributed by atoms with Crippen molar-refractivity contribution in [1.82, 2.24) is 4.90 Å². The second kappa shape index (κ2) is 9.65. The molecule has 0 radical (unpaired) electrons. The third kappa shape index (κ3) is 5.26. The summed E-state index contributed by atoms with van der Waals surface area (Å²) < 4.78 is 43.5. The normalized spacial score (nSPS) is 11.5. The number of rotatable bonds is 7. The Labute approximate surface area is 198 Å². The Morgan fingerprint density at radius 2 is 1.59 bits per heavy atom. The first-order chi connectivity index (χ1) is 16.2. The maximum atomic E-state index is 13.3. The summed E-state index contributed by atoms with van der Waals surface area (Å²) in [6, 6.07) is 24.4. The highest BCUT2D eigenvalue weighted by molar-refractivity contribution is 7.87. The summed E-state index contributed by atoms with van der Waals surface area (Å²) in [4.78, 5) is 14.9. The van der Waals surface area contributed by atoms with Crippen molar-refractivity contribution in [2.24, 2.45) is 0 Å². The zero-order valence-corrected chi connectivity index (χ0v) is 19.6. The van der Waals surface area contributed by atoms with Crippen LogP contribution in [0.2, 0.25) is 0 Å². The average Bonchev–Trinajstić information content (AvgIpc) is 2.82.